The third-order valence-electron chi connectivity index (χ3n) is 8.80. The predicted octanol–water partition coefficient (Wildman–Crippen LogP) is 4.69. The molecule has 2 saturated carbocycles. The van der Waals surface area contributed by atoms with E-state index in [1.54, 1.807) is 14.0 Å². The van der Waals surface area contributed by atoms with Gasteiger partial charge in [0.15, 0.2) is 11.7 Å². The molecule has 1 unspecified atom stereocenters. The molecule has 0 bridgehead atoms. The minimum absolute atomic E-state index is 0.0261. The van der Waals surface area contributed by atoms with Gasteiger partial charge in [0, 0.05) is 5.56 Å². The summed E-state index contributed by atoms with van der Waals surface area (Å²) in [5.41, 5.74) is 2.62. The van der Waals surface area contributed by atoms with Crippen LogP contribution in [0.15, 0.2) is 21.4 Å². The molecule has 0 radical (unpaired) electrons. The summed E-state index contributed by atoms with van der Waals surface area (Å²) < 4.78 is 17.3. The first-order valence-corrected chi connectivity index (χ1v) is 11.3. The first-order valence-electron chi connectivity index (χ1n) is 11.3. The van der Waals surface area contributed by atoms with Gasteiger partial charge < -0.3 is 19.0 Å². The Morgan fingerprint density at radius 2 is 1.87 bits per heavy atom. The summed E-state index contributed by atoms with van der Waals surface area (Å²) in [6, 6.07) is 0. The van der Waals surface area contributed by atoms with Gasteiger partial charge in [0.1, 0.15) is 5.76 Å². The molecule has 2 heterocycles. The maximum atomic E-state index is 13.1. The highest BCUT2D eigenvalue weighted by Gasteiger charge is 2.59. The summed E-state index contributed by atoms with van der Waals surface area (Å²) in [5.74, 6) is 1.61. The fourth-order valence-electron chi connectivity index (χ4n) is 6.90. The molecule has 1 aromatic heterocycles. The highest BCUT2D eigenvalue weighted by atomic mass is 16.6. The van der Waals surface area contributed by atoms with Crippen LogP contribution < -0.4 is 10.2 Å². The Bertz CT molecular complexity index is 902. The van der Waals surface area contributed by atoms with Crippen LogP contribution in [0.3, 0.4) is 0 Å². The van der Waals surface area contributed by atoms with Crippen LogP contribution in [-0.2, 0) is 11.2 Å². The first-order chi connectivity index (χ1) is 14.1. The number of fused-ring (bicyclic) bond motifs is 3. The van der Waals surface area contributed by atoms with Crippen LogP contribution in [0.4, 0.5) is 0 Å². The van der Waals surface area contributed by atoms with E-state index < -0.39 is 6.29 Å². The lowest BCUT2D eigenvalue weighted by Gasteiger charge is -2.62. The molecule has 2 aliphatic carbocycles. The maximum absolute atomic E-state index is 13.1. The summed E-state index contributed by atoms with van der Waals surface area (Å²) in [4.78, 5) is 13.1. The third kappa shape index (κ3) is 3.16. The zero-order valence-corrected chi connectivity index (χ0v) is 19.0. The van der Waals surface area contributed by atoms with Crippen LogP contribution in [-0.4, -0.2) is 24.6 Å². The van der Waals surface area contributed by atoms with Crippen LogP contribution >= 0.6 is 0 Å². The topological polar surface area (TPSA) is 68.9 Å². The molecule has 1 aliphatic heterocycles. The largest absolute Gasteiger partial charge is 0.468 e. The van der Waals surface area contributed by atoms with Gasteiger partial charge in [0.25, 0.3) is 5.95 Å². The molecule has 5 heteroatoms. The van der Waals surface area contributed by atoms with E-state index >= 15 is 0 Å². The number of methoxy groups -OCH3 is 1. The quantitative estimate of drug-likeness (QED) is 0.724. The lowest BCUT2D eigenvalue weighted by molar-refractivity contribution is -0.254. The second kappa shape index (κ2) is 7.52. The van der Waals surface area contributed by atoms with E-state index in [0.717, 1.165) is 32.1 Å². The molecular weight excluding hydrogens is 380 g/mol. The maximum Gasteiger partial charge on any atom is 0.291 e. The van der Waals surface area contributed by atoms with E-state index in [4.69, 9.17) is 13.9 Å². The van der Waals surface area contributed by atoms with Gasteiger partial charge in [-0.25, -0.2) is 0 Å². The van der Waals surface area contributed by atoms with Gasteiger partial charge in [-0.05, 0) is 81.5 Å². The molecule has 6 atom stereocenters. The van der Waals surface area contributed by atoms with Crippen molar-refractivity contribution in [2.45, 2.75) is 85.0 Å². The Morgan fingerprint density at radius 3 is 2.57 bits per heavy atom. The number of rotatable bonds is 3. The zero-order chi connectivity index (χ0) is 21.8. The van der Waals surface area contributed by atoms with Crippen molar-refractivity contribution < 1.29 is 19.0 Å². The summed E-state index contributed by atoms with van der Waals surface area (Å²) in [6.45, 7) is 12.8. The van der Waals surface area contributed by atoms with Crippen LogP contribution in [0.25, 0.3) is 0 Å². The number of aliphatic hydroxyl groups is 1. The Kier molecular flexibility index (Phi) is 5.43. The van der Waals surface area contributed by atoms with E-state index in [0.29, 0.717) is 41.6 Å². The zero-order valence-electron chi connectivity index (χ0n) is 19.0. The van der Waals surface area contributed by atoms with Crippen molar-refractivity contribution in [3.8, 4) is 5.95 Å². The van der Waals surface area contributed by atoms with Gasteiger partial charge in [-0.3, -0.25) is 4.79 Å². The minimum Gasteiger partial charge on any atom is -0.468 e. The van der Waals surface area contributed by atoms with Gasteiger partial charge in [-0.1, -0.05) is 26.0 Å². The minimum atomic E-state index is -0.633. The van der Waals surface area contributed by atoms with Gasteiger partial charge in [0.05, 0.1) is 18.8 Å². The van der Waals surface area contributed by atoms with Crippen molar-refractivity contribution in [1.29, 1.82) is 0 Å². The molecule has 3 fully saturated rings. The molecule has 0 aromatic carbocycles. The van der Waals surface area contributed by atoms with E-state index in [1.165, 1.54) is 5.57 Å². The highest BCUT2D eigenvalue weighted by molar-refractivity contribution is 5.33. The smallest absolute Gasteiger partial charge is 0.291 e. The second-order valence-corrected chi connectivity index (χ2v) is 10.3. The van der Waals surface area contributed by atoms with Crippen molar-refractivity contribution in [1.82, 2.24) is 0 Å². The van der Waals surface area contributed by atoms with Crippen molar-refractivity contribution in [2.24, 2.45) is 22.7 Å². The van der Waals surface area contributed by atoms with Crippen molar-refractivity contribution >= 4 is 0 Å². The summed E-state index contributed by atoms with van der Waals surface area (Å²) in [7, 11) is 1.56. The second-order valence-electron chi connectivity index (χ2n) is 10.3. The Labute approximate surface area is 179 Å². The lowest BCUT2D eigenvalue weighted by Crippen LogP contribution is -2.59. The van der Waals surface area contributed by atoms with Crippen molar-refractivity contribution in [3.63, 3.8) is 0 Å². The molecule has 0 amide bonds. The normalized spacial score (nSPS) is 38.7. The number of aryl methyl sites for hydroxylation is 1. The van der Waals surface area contributed by atoms with Gasteiger partial charge in [-0.2, -0.15) is 0 Å². The molecule has 166 valence electrons. The number of allylic oxidation sites excluding steroid dienone is 1. The Balaban J connectivity index is 1.72. The Hall–Kier alpha value is -1.59. The number of ether oxygens (including phenoxy) is 2. The van der Waals surface area contributed by atoms with Crippen molar-refractivity contribution in [3.05, 3.63) is 39.3 Å². The number of aliphatic hydroxyl groups excluding tert-OH is 1. The molecule has 1 saturated heterocycles. The average molecular weight is 417 g/mol. The van der Waals surface area contributed by atoms with Crippen LogP contribution in [0.5, 0.6) is 5.95 Å². The van der Waals surface area contributed by atoms with E-state index in [1.807, 2.05) is 6.92 Å². The monoisotopic (exact) mass is 416 g/mol. The molecule has 1 aromatic rings. The number of hydrogen-bond donors (Lipinski definition) is 1. The first kappa shape index (κ1) is 21.6. The summed E-state index contributed by atoms with van der Waals surface area (Å²) in [6.07, 6.45) is 5.75. The molecule has 0 spiro atoms. The fraction of sp³-hybridized carbons (Fsp3) is 0.720. The SMILES string of the molecule is C=C1CC[C@@H]2[C@](C)(CC[C@H]3OC(O)CC[C@@]23C)[C@@H]1Cc1c(OC)oc(C)c(C)c1=O. The molecule has 4 rings (SSSR count). The standard InChI is InChI=1S/C25H36O5/c1-14-7-8-19-24(4,11-9-20-25(19,5)12-10-21(26)30-20)18(14)13-17-22(27)15(2)16(3)29-23(17)28-6/h18-21,26H,1,7-13H2,2-6H3/t18-,19-,20-,21?,24-,25+/m1/s1. The van der Waals surface area contributed by atoms with E-state index in [-0.39, 0.29) is 28.3 Å². The molecular formula is C25H36O5. The van der Waals surface area contributed by atoms with Crippen LogP contribution in [0, 0.1) is 36.5 Å². The molecule has 1 N–H and O–H groups in total. The lowest BCUT2D eigenvalue weighted by atomic mass is 9.44. The van der Waals surface area contributed by atoms with Gasteiger partial charge in [0.2, 0.25) is 0 Å². The summed E-state index contributed by atoms with van der Waals surface area (Å²) in [5, 5.41) is 10.1. The van der Waals surface area contributed by atoms with Crippen LogP contribution in [0.1, 0.15) is 69.3 Å². The molecule has 3 aliphatic rings. The molecule has 5 nitrogen and oxygen atoms in total. The van der Waals surface area contributed by atoms with E-state index in [2.05, 4.69) is 20.4 Å². The van der Waals surface area contributed by atoms with Crippen LogP contribution in [0.2, 0.25) is 0 Å². The average Bonchev–Trinajstić information content (AvgIpc) is 2.70. The summed E-state index contributed by atoms with van der Waals surface area (Å²) >= 11 is 0. The third-order valence-corrected chi connectivity index (χ3v) is 8.80. The van der Waals surface area contributed by atoms with Gasteiger partial charge in [-0.15, -0.1) is 0 Å². The van der Waals surface area contributed by atoms with Gasteiger partial charge >= 0.3 is 0 Å². The highest BCUT2D eigenvalue weighted by Crippen LogP contribution is 2.64. The van der Waals surface area contributed by atoms with Crippen molar-refractivity contribution in [2.75, 3.05) is 7.11 Å². The number of hydrogen-bond acceptors (Lipinski definition) is 5. The Morgan fingerprint density at radius 1 is 1.17 bits per heavy atom. The predicted molar refractivity (Wildman–Crippen MR) is 116 cm³/mol. The molecule has 30 heavy (non-hydrogen) atoms. The van der Waals surface area contributed by atoms with E-state index in [9.17, 15) is 9.90 Å². The fourth-order valence-corrected chi connectivity index (χ4v) is 6.90.